The maximum atomic E-state index is 8.42. The van der Waals surface area contributed by atoms with Crippen molar-refractivity contribution in [2.24, 2.45) is 16.8 Å². The Hall–Kier alpha value is -0.770. The zero-order chi connectivity index (χ0) is 13.2. The number of nitrogens with one attached hydrogen (secondary N) is 1. The molecule has 0 aromatic carbocycles. The van der Waals surface area contributed by atoms with Gasteiger partial charge in [-0.2, -0.15) is 0 Å². The van der Waals surface area contributed by atoms with Crippen molar-refractivity contribution >= 4 is 5.84 Å². The molecule has 4 N–H and O–H groups in total. The Morgan fingerprint density at radius 1 is 1.28 bits per heavy atom. The fourth-order valence-corrected chi connectivity index (χ4v) is 2.79. The zero-order valence-electron chi connectivity index (χ0n) is 11.7. The van der Waals surface area contributed by atoms with Crippen LogP contribution in [0.25, 0.3) is 0 Å². The fourth-order valence-electron chi connectivity index (χ4n) is 2.79. The van der Waals surface area contributed by atoms with Gasteiger partial charge in [0.05, 0.1) is 0 Å². The molecule has 1 aliphatic rings. The van der Waals surface area contributed by atoms with E-state index in [1.54, 1.807) is 0 Å². The van der Waals surface area contributed by atoms with Crippen molar-refractivity contribution < 1.29 is 5.21 Å². The van der Waals surface area contributed by atoms with E-state index in [9.17, 15) is 0 Å². The van der Waals surface area contributed by atoms with E-state index < -0.39 is 0 Å². The molecule has 0 aromatic heterocycles. The summed E-state index contributed by atoms with van der Waals surface area (Å²) in [5.41, 5.74) is 5.43. The van der Waals surface area contributed by atoms with Crippen LogP contribution in [0.4, 0.5) is 0 Å². The van der Waals surface area contributed by atoms with Crippen LogP contribution >= 0.6 is 0 Å². The van der Waals surface area contributed by atoms with Gasteiger partial charge in [-0.05, 0) is 45.1 Å². The van der Waals surface area contributed by atoms with Gasteiger partial charge in [0.1, 0.15) is 5.84 Å². The highest BCUT2D eigenvalue weighted by Crippen LogP contribution is 2.25. The topological polar surface area (TPSA) is 70.6 Å². The number of rotatable bonds is 7. The quantitative estimate of drug-likeness (QED) is 0.164. The Balaban J connectivity index is 2.06. The molecule has 4 heteroatoms. The first-order valence-electron chi connectivity index (χ1n) is 7.44. The number of oxime groups is 1. The van der Waals surface area contributed by atoms with E-state index in [1.165, 1.54) is 38.5 Å². The highest BCUT2D eigenvalue weighted by molar-refractivity contribution is 5.79. The van der Waals surface area contributed by atoms with Gasteiger partial charge < -0.3 is 16.3 Å². The second-order valence-corrected chi connectivity index (χ2v) is 5.54. The summed E-state index contributed by atoms with van der Waals surface area (Å²) >= 11 is 0. The predicted molar refractivity (Wildman–Crippen MR) is 75.9 cm³/mol. The maximum Gasteiger partial charge on any atom is 0.139 e. The smallest absolute Gasteiger partial charge is 0.139 e. The van der Waals surface area contributed by atoms with Crippen LogP contribution in [0.2, 0.25) is 0 Å². The molecule has 0 aliphatic heterocycles. The Kier molecular flexibility index (Phi) is 7.81. The molecule has 1 rings (SSSR count). The van der Waals surface area contributed by atoms with E-state index in [0.717, 1.165) is 25.3 Å². The van der Waals surface area contributed by atoms with Crippen LogP contribution in [0.3, 0.4) is 0 Å². The minimum absolute atomic E-state index is 0.340. The highest BCUT2D eigenvalue weighted by atomic mass is 16.4. The van der Waals surface area contributed by atoms with Gasteiger partial charge in [-0.25, -0.2) is 0 Å². The number of nitrogens with zero attached hydrogens (tertiary/aromatic N) is 1. The Labute approximate surface area is 111 Å². The van der Waals surface area contributed by atoms with Crippen LogP contribution in [0, 0.1) is 5.92 Å². The third kappa shape index (κ3) is 6.24. The summed E-state index contributed by atoms with van der Waals surface area (Å²) in [7, 11) is 0. The third-order valence-corrected chi connectivity index (χ3v) is 4.06. The standard InChI is InChI=1S/C14H29N3O/c1-12(13-8-4-2-3-5-9-13)16-11-7-6-10-14(15)17-18/h12-13,16,18H,2-11H2,1H3,(H2,15,17)/t12-/m1/s1. The monoisotopic (exact) mass is 255 g/mol. The van der Waals surface area contributed by atoms with Gasteiger partial charge in [0.25, 0.3) is 0 Å². The lowest BCUT2D eigenvalue weighted by molar-refractivity contribution is 0.316. The van der Waals surface area contributed by atoms with Crippen molar-refractivity contribution in [3.05, 3.63) is 0 Å². The number of amidine groups is 1. The first-order valence-corrected chi connectivity index (χ1v) is 7.44. The number of hydrogen-bond donors (Lipinski definition) is 3. The number of unbranched alkanes of at least 4 members (excludes halogenated alkanes) is 1. The van der Waals surface area contributed by atoms with E-state index in [4.69, 9.17) is 10.9 Å². The molecule has 1 aliphatic carbocycles. The molecule has 106 valence electrons. The summed E-state index contributed by atoms with van der Waals surface area (Å²) in [6.07, 6.45) is 11.2. The largest absolute Gasteiger partial charge is 0.409 e. The molecule has 0 aromatic rings. The first-order chi connectivity index (χ1) is 8.74. The van der Waals surface area contributed by atoms with Crippen LogP contribution in [0.5, 0.6) is 0 Å². The van der Waals surface area contributed by atoms with Crippen molar-refractivity contribution in [2.75, 3.05) is 6.54 Å². The van der Waals surface area contributed by atoms with E-state index in [0.29, 0.717) is 18.3 Å². The second-order valence-electron chi connectivity index (χ2n) is 5.54. The molecule has 0 saturated heterocycles. The molecule has 0 unspecified atom stereocenters. The third-order valence-electron chi connectivity index (χ3n) is 4.06. The average Bonchev–Trinajstić information content (AvgIpc) is 2.66. The van der Waals surface area contributed by atoms with Gasteiger partial charge in [0.15, 0.2) is 0 Å². The van der Waals surface area contributed by atoms with E-state index >= 15 is 0 Å². The second kappa shape index (κ2) is 9.20. The molecular weight excluding hydrogens is 226 g/mol. The van der Waals surface area contributed by atoms with Gasteiger partial charge >= 0.3 is 0 Å². The van der Waals surface area contributed by atoms with Crippen molar-refractivity contribution in [1.82, 2.24) is 5.32 Å². The van der Waals surface area contributed by atoms with Crippen LogP contribution in [-0.4, -0.2) is 23.6 Å². The van der Waals surface area contributed by atoms with Crippen LogP contribution in [0.15, 0.2) is 5.16 Å². The maximum absolute atomic E-state index is 8.42. The minimum Gasteiger partial charge on any atom is -0.409 e. The summed E-state index contributed by atoms with van der Waals surface area (Å²) in [6, 6.07) is 0.631. The molecular formula is C14H29N3O. The first kappa shape index (κ1) is 15.3. The summed E-state index contributed by atoms with van der Waals surface area (Å²) in [5, 5.41) is 15.0. The van der Waals surface area contributed by atoms with Crippen LogP contribution < -0.4 is 11.1 Å². The zero-order valence-corrected chi connectivity index (χ0v) is 11.7. The minimum atomic E-state index is 0.340. The molecule has 0 bridgehead atoms. The Bertz CT molecular complexity index is 235. The summed E-state index contributed by atoms with van der Waals surface area (Å²) < 4.78 is 0. The highest BCUT2D eigenvalue weighted by Gasteiger charge is 2.18. The van der Waals surface area contributed by atoms with Crippen LogP contribution in [-0.2, 0) is 0 Å². The fraction of sp³-hybridized carbons (Fsp3) is 0.929. The molecule has 0 heterocycles. The van der Waals surface area contributed by atoms with Gasteiger partial charge in [0, 0.05) is 12.5 Å². The van der Waals surface area contributed by atoms with E-state index in [1.807, 2.05) is 0 Å². The number of nitrogens with two attached hydrogens (primary N) is 1. The van der Waals surface area contributed by atoms with Crippen LogP contribution in [0.1, 0.15) is 64.7 Å². The van der Waals surface area contributed by atoms with Gasteiger partial charge in [0.2, 0.25) is 0 Å². The molecule has 0 radical (unpaired) electrons. The van der Waals surface area contributed by atoms with Gasteiger partial charge in [-0.1, -0.05) is 30.8 Å². The Morgan fingerprint density at radius 3 is 2.56 bits per heavy atom. The van der Waals surface area contributed by atoms with Gasteiger partial charge in [-0.3, -0.25) is 0 Å². The van der Waals surface area contributed by atoms with Crippen molar-refractivity contribution in [3.63, 3.8) is 0 Å². The molecule has 18 heavy (non-hydrogen) atoms. The van der Waals surface area contributed by atoms with Crippen molar-refractivity contribution in [1.29, 1.82) is 0 Å². The SMILES string of the molecule is C[C@@H](NCCCCC(N)=NO)C1CCCCCC1. The summed E-state index contributed by atoms with van der Waals surface area (Å²) in [6.45, 7) is 3.36. The molecule has 1 saturated carbocycles. The predicted octanol–water partition coefficient (Wildman–Crippen LogP) is 2.85. The van der Waals surface area contributed by atoms with Crippen molar-refractivity contribution in [2.45, 2.75) is 70.8 Å². The number of hydrogen-bond acceptors (Lipinski definition) is 3. The molecule has 0 spiro atoms. The lowest BCUT2D eigenvalue weighted by atomic mass is 9.93. The molecule has 1 fully saturated rings. The lowest BCUT2D eigenvalue weighted by Gasteiger charge is -2.23. The van der Waals surface area contributed by atoms with Crippen molar-refractivity contribution in [3.8, 4) is 0 Å². The van der Waals surface area contributed by atoms with E-state index in [2.05, 4.69) is 17.4 Å². The van der Waals surface area contributed by atoms with E-state index in [-0.39, 0.29) is 0 Å². The summed E-state index contributed by atoms with van der Waals surface area (Å²) in [5.74, 6) is 1.20. The lowest BCUT2D eigenvalue weighted by Crippen LogP contribution is -2.34. The molecule has 1 atom stereocenters. The molecule has 0 amide bonds. The average molecular weight is 255 g/mol. The van der Waals surface area contributed by atoms with Gasteiger partial charge in [-0.15, -0.1) is 0 Å². The Morgan fingerprint density at radius 2 is 1.94 bits per heavy atom. The molecule has 4 nitrogen and oxygen atoms in total. The normalized spacial score (nSPS) is 20.6. The summed E-state index contributed by atoms with van der Waals surface area (Å²) in [4.78, 5) is 0.